The first-order valence-corrected chi connectivity index (χ1v) is 11.2. The van der Waals surface area contributed by atoms with Gasteiger partial charge in [-0.2, -0.15) is 0 Å². The molecule has 0 heterocycles. The van der Waals surface area contributed by atoms with E-state index in [2.05, 4.69) is 19.2 Å². The average Bonchev–Trinajstić information content (AvgIpc) is 2.74. The highest BCUT2D eigenvalue weighted by Crippen LogP contribution is 2.26. The molecule has 31 heavy (non-hydrogen) atoms. The molecule has 1 N–H and O–H groups in total. The van der Waals surface area contributed by atoms with Crippen molar-refractivity contribution in [3.8, 4) is 5.75 Å². The molecule has 0 radical (unpaired) electrons. The van der Waals surface area contributed by atoms with Gasteiger partial charge in [-0.1, -0.05) is 68.2 Å². The van der Waals surface area contributed by atoms with Crippen LogP contribution in [0.25, 0.3) is 0 Å². The second-order valence-electron chi connectivity index (χ2n) is 7.71. The minimum absolute atomic E-state index is 0.171. The lowest BCUT2D eigenvalue weighted by atomic mass is 10.0. The van der Waals surface area contributed by atoms with Crippen LogP contribution in [0.1, 0.15) is 51.2 Å². The van der Waals surface area contributed by atoms with Crippen molar-refractivity contribution in [3.05, 3.63) is 63.6 Å². The molecule has 7 heteroatoms. The number of para-hydroxylation sites is 1. The third-order valence-electron chi connectivity index (χ3n) is 4.96. The fraction of sp³-hybridized carbons (Fsp3) is 0.417. The van der Waals surface area contributed by atoms with Crippen molar-refractivity contribution in [1.29, 1.82) is 0 Å². The molecule has 0 aliphatic heterocycles. The highest BCUT2D eigenvalue weighted by atomic mass is 35.5. The van der Waals surface area contributed by atoms with Gasteiger partial charge in [0.2, 0.25) is 5.91 Å². The minimum Gasteiger partial charge on any atom is -0.483 e. The zero-order valence-corrected chi connectivity index (χ0v) is 20.0. The second kappa shape index (κ2) is 12.0. The van der Waals surface area contributed by atoms with Crippen LogP contribution in [0.2, 0.25) is 10.0 Å². The fourth-order valence-corrected chi connectivity index (χ4v) is 3.59. The van der Waals surface area contributed by atoms with E-state index in [0.717, 1.165) is 12.0 Å². The maximum absolute atomic E-state index is 13.2. The third kappa shape index (κ3) is 7.15. The molecule has 0 aromatic heterocycles. The van der Waals surface area contributed by atoms with Gasteiger partial charge in [-0.05, 0) is 48.6 Å². The van der Waals surface area contributed by atoms with Crippen LogP contribution in [-0.2, 0) is 16.1 Å². The van der Waals surface area contributed by atoms with Gasteiger partial charge in [-0.15, -0.1) is 0 Å². The van der Waals surface area contributed by atoms with E-state index in [0.29, 0.717) is 27.9 Å². The van der Waals surface area contributed by atoms with Crippen LogP contribution in [0.5, 0.6) is 5.75 Å². The van der Waals surface area contributed by atoms with Gasteiger partial charge in [0.05, 0.1) is 0 Å². The Bertz CT molecular complexity index is 902. The van der Waals surface area contributed by atoms with E-state index in [1.165, 1.54) is 4.90 Å². The van der Waals surface area contributed by atoms with Crippen molar-refractivity contribution < 1.29 is 14.3 Å². The van der Waals surface area contributed by atoms with Crippen LogP contribution < -0.4 is 10.1 Å². The molecular formula is C24H30Cl2N2O3. The molecule has 1 atom stereocenters. The van der Waals surface area contributed by atoms with E-state index in [1.54, 1.807) is 25.1 Å². The molecule has 0 saturated carbocycles. The van der Waals surface area contributed by atoms with Crippen LogP contribution in [0, 0.1) is 0 Å². The molecule has 0 fully saturated rings. The summed E-state index contributed by atoms with van der Waals surface area (Å²) in [4.78, 5) is 27.2. The van der Waals surface area contributed by atoms with Gasteiger partial charge in [0.15, 0.2) is 6.61 Å². The topological polar surface area (TPSA) is 58.6 Å². The van der Waals surface area contributed by atoms with Gasteiger partial charge in [-0.3, -0.25) is 9.59 Å². The smallest absolute Gasteiger partial charge is 0.261 e. The van der Waals surface area contributed by atoms with Crippen LogP contribution in [0.15, 0.2) is 42.5 Å². The Labute approximate surface area is 194 Å². The number of ether oxygens (including phenoxy) is 1. The molecule has 2 aromatic carbocycles. The van der Waals surface area contributed by atoms with Crippen molar-refractivity contribution in [2.45, 2.75) is 52.6 Å². The Morgan fingerprint density at radius 2 is 1.81 bits per heavy atom. The molecule has 2 aromatic rings. The zero-order chi connectivity index (χ0) is 23.0. The highest BCUT2D eigenvalue weighted by molar-refractivity contribution is 6.35. The van der Waals surface area contributed by atoms with Crippen LogP contribution in [0.3, 0.4) is 0 Å². The Morgan fingerprint density at radius 1 is 1.10 bits per heavy atom. The number of amides is 2. The van der Waals surface area contributed by atoms with E-state index in [4.69, 9.17) is 27.9 Å². The summed E-state index contributed by atoms with van der Waals surface area (Å²) in [7, 11) is 0. The number of nitrogens with zero attached hydrogens (tertiary/aromatic N) is 1. The molecule has 5 nitrogen and oxygen atoms in total. The van der Waals surface area contributed by atoms with Crippen LogP contribution >= 0.6 is 23.2 Å². The fourth-order valence-electron chi connectivity index (χ4n) is 3.12. The predicted molar refractivity (Wildman–Crippen MR) is 126 cm³/mol. The van der Waals surface area contributed by atoms with Crippen molar-refractivity contribution in [3.63, 3.8) is 0 Å². The van der Waals surface area contributed by atoms with Crippen molar-refractivity contribution >= 4 is 35.0 Å². The lowest BCUT2D eigenvalue weighted by Crippen LogP contribution is -2.49. The number of nitrogens with one attached hydrogen (secondary N) is 1. The molecule has 2 rings (SSSR count). The lowest BCUT2D eigenvalue weighted by molar-refractivity contribution is -0.142. The molecule has 0 saturated heterocycles. The standard InChI is InChI=1S/C24H30Cl2N2O3/c1-5-12-27-24(30)17(4)28(14-18-10-11-19(25)13-21(18)26)23(29)15-31-22-9-7-6-8-20(22)16(2)3/h6-11,13,16-17H,5,12,14-15H2,1-4H3,(H,27,30)/t17-/m0/s1. The van der Waals surface area contributed by atoms with Gasteiger partial charge >= 0.3 is 0 Å². The van der Waals surface area contributed by atoms with E-state index in [-0.39, 0.29) is 30.9 Å². The van der Waals surface area contributed by atoms with Gasteiger partial charge in [0.1, 0.15) is 11.8 Å². The van der Waals surface area contributed by atoms with Crippen molar-refractivity contribution in [2.24, 2.45) is 0 Å². The summed E-state index contributed by atoms with van der Waals surface area (Å²) >= 11 is 12.3. The first kappa shape index (κ1) is 25.0. The number of hydrogen-bond acceptors (Lipinski definition) is 3. The predicted octanol–water partition coefficient (Wildman–Crippen LogP) is 5.44. The van der Waals surface area contributed by atoms with Gasteiger partial charge < -0.3 is 15.0 Å². The SMILES string of the molecule is CCCNC(=O)[C@H](C)N(Cc1ccc(Cl)cc1Cl)C(=O)COc1ccccc1C(C)C. The maximum Gasteiger partial charge on any atom is 0.261 e. The average molecular weight is 465 g/mol. The Kier molecular flexibility index (Phi) is 9.66. The molecular weight excluding hydrogens is 435 g/mol. The maximum atomic E-state index is 13.2. The normalized spacial score (nSPS) is 11.8. The zero-order valence-electron chi connectivity index (χ0n) is 18.5. The number of hydrogen-bond donors (Lipinski definition) is 1. The summed E-state index contributed by atoms with van der Waals surface area (Å²) in [6.07, 6.45) is 0.810. The van der Waals surface area contributed by atoms with E-state index >= 15 is 0 Å². The minimum atomic E-state index is -0.685. The molecule has 0 aliphatic carbocycles. The summed E-state index contributed by atoms with van der Waals surface area (Å²) in [6, 6.07) is 12.1. The Morgan fingerprint density at radius 3 is 2.45 bits per heavy atom. The number of rotatable bonds is 10. The number of carbonyl (C=O) groups is 2. The lowest BCUT2D eigenvalue weighted by Gasteiger charge is -2.29. The monoisotopic (exact) mass is 464 g/mol. The molecule has 0 unspecified atom stereocenters. The van der Waals surface area contributed by atoms with Crippen LogP contribution in [-0.4, -0.2) is 35.9 Å². The first-order valence-electron chi connectivity index (χ1n) is 10.5. The molecule has 0 aliphatic rings. The first-order chi connectivity index (χ1) is 14.7. The van der Waals surface area contributed by atoms with Gasteiger partial charge in [-0.25, -0.2) is 0 Å². The quantitative estimate of drug-likeness (QED) is 0.509. The van der Waals surface area contributed by atoms with E-state index in [9.17, 15) is 9.59 Å². The summed E-state index contributed by atoms with van der Waals surface area (Å²) in [6.45, 7) is 8.35. The summed E-state index contributed by atoms with van der Waals surface area (Å²) < 4.78 is 5.86. The third-order valence-corrected chi connectivity index (χ3v) is 5.55. The van der Waals surface area contributed by atoms with Crippen molar-refractivity contribution in [1.82, 2.24) is 10.2 Å². The number of halogens is 2. The summed E-state index contributed by atoms with van der Waals surface area (Å²) in [5.41, 5.74) is 1.73. The van der Waals surface area contributed by atoms with Gasteiger partial charge in [0, 0.05) is 23.1 Å². The summed E-state index contributed by atoms with van der Waals surface area (Å²) in [5.74, 6) is 0.402. The largest absolute Gasteiger partial charge is 0.483 e. The summed E-state index contributed by atoms with van der Waals surface area (Å²) in [5, 5.41) is 3.80. The Hall–Kier alpha value is -2.24. The Balaban J connectivity index is 2.22. The highest BCUT2D eigenvalue weighted by Gasteiger charge is 2.27. The van der Waals surface area contributed by atoms with Crippen LogP contribution in [0.4, 0.5) is 0 Å². The van der Waals surface area contributed by atoms with E-state index < -0.39 is 6.04 Å². The second-order valence-corrected chi connectivity index (χ2v) is 8.55. The van der Waals surface area contributed by atoms with Crippen molar-refractivity contribution in [2.75, 3.05) is 13.2 Å². The van der Waals surface area contributed by atoms with Gasteiger partial charge in [0.25, 0.3) is 5.91 Å². The number of benzene rings is 2. The number of carbonyl (C=O) groups excluding carboxylic acids is 2. The molecule has 0 spiro atoms. The van der Waals surface area contributed by atoms with E-state index in [1.807, 2.05) is 31.2 Å². The molecule has 0 bridgehead atoms. The molecule has 2 amide bonds. The molecule has 168 valence electrons.